The van der Waals surface area contributed by atoms with E-state index in [-0.39, 0.29) is 5.92 Å². The van der Waals surface area contributed by atoms with Crippen molar-refractivity contribution in [2.45, 2.75) is 45.3 Å². The predicted molar refractivity (Wildman–Crippen MR) is 64.0 cm³/mol. The fourth-order valence-electron chi connectivity index (χ4n) is 1.97. The number of nitrogens with zero attached hydrogens (tertiary/aromatic N) is 1. The van der Waals surface area contributed by atoms with Crippen LogP contribution in [-0.4, -0.2) is 27.4 Å². The molecule has 3 heteroatoms. The van der Waals surface area contributed by atoms with E-state index >= 15 is 0 Å². The molecule has 0 saturated carbocycles. The molecule has 0 aliphatic heterocycles. The molecule has 0 radical (unpaired) electrons. The van der Waals surface area contributed by atoms with E-state index in [0.29, 0.717) is 6.42 Å². The number of pyridine rings is 1. The second-order valence-electron chi connectivity index (χ2n) is 4.20. The first-order valence-electron chi connectivity index (χ1n) is 5.94. The Balaban J connectivity index is 2.54. The van der Waals surface area contributed by atoms with Crippen LogP contribution in [0.4, 0.5) is 0 Å². The average molecular weight is 223 g/mol. The maximum absolute atomic E-state index is 9.97. The molecule has 0 saturated heterocycles. The summed E-state index contributed by atoms with van der Waals surface area (Å²) in [5.41, 5.74) is 0.958. The highest BCUT2D eigenvalue weighted by Crippen LogP contribution is 2.18. The fraction of sp³-hybridized carbons (Fsp3) is 0.615. The number of hydrogen-bond donors (Lipinski definition) is 2. The van der Waals surface area contributed by atoms with Crippen LogP contribution in [0.3, 0.4) is 0 Å². The van der Waals surface area contributed by atoms with Gasteiger partial charge in [0.05, 0.1) is 12.2 Å². The Hall–Kier alpha value is -0.930. The van der Waals surface area contributed by atoms with E-state index in [2.05, 4.69) is 4.98 Å². The largest absolute Gasteiger partial charge is 0.390 e. The molecule has 1 aromatic rings. The molecule has 16 heavy (non-hydrogen) atoms. The van der Waals surface area contributed by atoms with E-state index in [1.807, 2.05) is 26.0 Å². The standard InChI is InChI=1S/C13H21NO2/c1-3-11(4-2)13(16)12(15)8-10-6-5-7-14-9-10/h5-7,9,11-13,15-16H,3-4,8H2,1-2H3. The van der Waals surface area contributed by atoms with Crippen molar-refractivity contribution in [1.29, 1.82) is 0 Å². The second kappa shape index (κ2) is 6.61. The van der Waals surface area contributed by atoms with Gasteiger partial charge in [-0.1, -0.05) is 32.8 Å². The van der Waals surface area contributed by atoms with Gasteiger partial charge in [0.2, 0.25) is 0 Å². The van der Waals surface area contributed by atoms with Crippen LogP contribution in [-0.2, 0) is 6.42 Å². The lowest BCUT2D eigenvalue weighted by Crippen LogP contribution is -2.34. The summed E-state index contributed by atoms with van der Waals surface area (Å²) >= 11 is 0. The molecule has 1 heterocycles. The summed E-state index contributed by atoms with van der Waals surface area (Å²) in [6.45, 7) is 4.07. The molecule has 2 atom stereocenters. The average Bonchev–Trinajstić information content (AvgIpc) is 2.31. The molecule has 90 valence electrons. The SMILES string of the molecule is CCC(CC)C(O)C(O)Cc1cccnc1. The van der Waals surface area contributed by atoms with Crippen LogP contribution in [0.1, 0.15) is 32.3 Å². The van der Waals surface area contributed by atoms with E-state index in [1.165, 1.54) is 0 Å². The molecule has 0 aliphatic carbocycles. The van der Waals surface area contributed by atoms with Gasteiger partial charge in [0, 0.05) is 18.8 Å². The topological polar surface area (TPSA) is 53.4 Å². The van der Waals surface area contributed by atoms with Crippen molar-refractivity contribution in [3.63, 3.8) is 0 Å². The maximum Gasteiger partial charge on any atom is 0.0842 e. The van der Waals surface area contributed by atoms with Crippen molar-refractivity contribution < 1.29 is 10.2 Å². The lowest BCUT2D eigenvalue weighted by Gasteiger charge is -2.25. The minimum Gasteiger partial charge on any atom is -0.390 e. The summed E-state index contributed by atoms with van der Waals surface area (Å²) in [6, 6.07) is 3.75. The third kappa shape index (κ3) is 3.58. The minimum absolute atomic E-state index is 0.173. The molecule has 2 unspecified atom stereocenters. The molecule has 0 fully saturated rings. The Labute approximate surface area is 97.2 Å². The first kappa shape index (κ1) is 13.1. The summed E-state index contributed by atoms with van der Waals surface area (Å²) < 4.78 is 0. The predicted octanol–water partition coefficient (Wildman–Crippen LogP) is 1.78. The van der Waals surface area contributed by atoms with Gasteiger partial charge in [0.25, 0.3) is 0 Å². The van der Waals surface area contributed by atoms with Crippen molar-refractivity contribution >= 4 is 0 Å². The zero-order valence-corrected chi connectivity index (χ0v) is 10.0. The molecule has 1 aromatic heterocycles. The molecule has 0 aliphatic rings. The number of aliphatic hydroxyl groups is 2. The quantitative estimate of drug-likeness (QED) is 0.773. The normalized spacial score (nSPS) is 15.1. The van der Waals surface area contributed by atoms with E-state index in [4.69, 9.17) is 0 Å². The summed E-state index contributed by atoms with van der Waals surface area (Å²) in [7, 11) is 0. The Morgan fingerprint density at radius 3 is 2.44 bits per heavy atom. The Morgan fingerprint density at radius 2 is 1.94 bits per heavy atom. The van der Waals surface area contributed by atoms with E-state index < -0.39 is 12.2 Å². The zero-order valence-electron chi connectivity index (χ0n) is 10.0. The Morgan fingerprint density at radius 1 is 1.25 bits per heavy atom. The molecule has 3 nitrogen and oxygen atoms in total. The van der Waals surface area contributed by atoms with Crippen LogP contribution in [0.15, 0.2) is 24.5 Å². The highest BCUT2D eigenvalue weighted by molar-refractivity contribution is 5.10. The van der Waals surface area contributed by atoms with Gasteiger partial charge >= 0.3 is 0 Å². The van der Waals surface area contributed by atoms with Gasteiger partial charge in [-0.05, 0) is 17.5 Å². The molecule has 0 spiro atoms. The molecule has 2 N–H and O–H groups in total. The van der Waals surface area contributed by atoms with Gasteiger partial charge in [0.1, 0.15) is 0 Å². The van der Waals surface area contributed by atoms with E-state index in [1.54, 1.807) is 12.4 Å². The first-order chi connectivity index (χ1) is 7.69. The maximum atomic E-state index is 9.97. The minimum atomic E-state index is -0.700. The zero-order chi connectivity index (χ0) is 12.0. The van der Waals surface area contributed by atoms with Crippen LogP contribution < -0.4 is 0 Å². The van der Waals surface area contributed by atoms with Crippen LogP contribution in [0.25, 0.3) is 0 Å². The summed E-state index contributed by atoms with van der Waals surface area (Å²) in [5.74, 6) is 0.173. The Kier molecular flexibility index (Phi) is 5.43. The van der Waals surface area contributed by atoms with Crippen molar-refractivity contribution in [3.05, 3.63) is 30.1 Å². The third-order valence-corrected chi connectivity index (χ3v) is 3.09. The van der Waals surface area contributed by atoms with Crippen molar-refractivity contribution in [3.8, 4) is 0 Å². The van der Waals surface area contributed by atoms with Gasteiger partial charge in [-0.25, -0.2) is 0 Å². The lowest BCUT2D eigenvalue weighted by molar-refractivity contribution is -0.0188. The highest BCUT2D eigenvalue weighted by atomic mass is 16.3. The van der Waals surface area contributed by atoms with Gasteiger partial charge in [0.15, 0.2) is 0 Å². The number of hydrogen-bond acceptors (Lipinski definition) is 3. The lowest BCUT2D eigenvalue weighted by atomic mass is 9.90. The van der Waals surface area contributed by atoms with Crippen molar-refractivity contribution in [2.75, 3.05) is 0 Å². The smallest absolute Gasteiger partial charge is 0.0842 e. The second-order valence-corrected chi connectivity index (χ2v) is 4.20. The number of rotatable bonds is 6. The number of aliphatic hydroxyl groups excluding tert-OH is 2. The van der Waals surface area contributed by atoms with E-state index in [0.717, 1.165) is 18.4 Å². The molecular formula is C13H21NO2. The molecule has 0 amide bonds. The van der Waals surface area contributed by atoms with Crippen molar-refractivity contribution in [2.24, 2.45) is 5.92 Å². The fourth-order valence-corrected chi connectivity index (χ4v) is 1.97. The van der Waals surface area contributed by atoms with Gasteiger partial charge in [-0.2, -0.15) is 0 Å². The Bertz CT molecular complexity index is 285. The molecule has 1 rings (SSSR count). The third-order valence-electron chi connectivity index (χ3n) is 3.09. The summed E-state index contributed by atoms with van der Waals surface area (Å²) in [4.78, 5) is 3.99. The van der Waals surface area contributed by atoms with Crippen LogP contribution in [0.2, 0.25) is 0 Å². The molecule has 0 bridgehead atoms. The monoisotopic (exact) mass is 223 g/mol. The van der Waals surface area contributed by atoms with Crippen LogP contribution in [0.5, 0.6) is 0 Å². The first-order valence-corrected chi connectivity index (χ1v) is 5.94. The summed E-state index contributed by atoms with van der Waals surface area (Å²) in [5, 5.41) is 19.9. The van der Waals surface area contributed by atoms with Crippen LogP contribution >= 0.6 is 0 Å². The molecular weight excluding hydrogens is 202 g/mol. The van der Waals surface area contributed by atoms with Crippen LogP contribution in [0, 0.1) is 5.92 Å². The highest BCUT2D eigenvalue weighted by Gasteiger charge is 2.23. The summed E-state index contributed by atoms with van der Waals surface area (Å²) in [6.07, 6.45) is 4.33. The number of aromatic nitrogens is 1. The van der Waals surface area contributed by atoms with E-state index in [9.17, 15) is 10.2 Å². The molecule has 0 aromatic carbocycles. The van der Waals surface area contributed by atoms with Gasteiger partial charge in [-0.3, -0.25) is 4.98 Å². The van der Waals surface area contributed by atoms with Gasteiger partial charge in [-0.15, -0.1) is 0 Å². The van der Waals surface area contributed by atoms with Crippen molar-refractivity contribution in [1.82, 2.24) is 4.98 Å². The van der Waals surface area contributed by atoms with Gasteiger partial charge < -0.3 is 10.2 Å².